The first kappa shape index (κ1) is 45.4. The van der Waals surface area contributed by atoms with Crippen molar-refractivity contribution in [1.29, 1.82) is 0 Å². The second kappa shape index (κ2) is 34.3. The molecule has 0 unspecified atom stereocenters. The van der Waals surface area contributed by atoms with Crippen LogP contribution in [0.4, 0.5) is 0 Å². The number of allylic oxidation sites excluding steroid dienone is 4. The summed E-state index contributed by atoms with van der Waals surface area (Å²) < 4.78 is 11.9. The topological polar surface area (TPSA) is 52.6 Å². The molecule has 0 fully saturated rings. The lowest BCUT2D eigenvalue weighted by Crippen LogP contribution is -2.53. The minimum atomic E-state index is -0.874. The molecular weight excluding hydrogens is 582 g/mol. The molecule has 0 bridgehead atoms. The van der Waals surface area contributed by atoms with Crippen molar-refractivity contribution in [1.82, 2.24) is 0 Å². The number of nitrogens with zero attached hydrogens (tertiary/aromatic N) is 1. The molecule has 0 rings (SSSR count). The predicted octanol–water partition coefficient (Wildman–Crippen LogP) is 12.9. The lowest BCUT2D eigenvalue weighted by molar-refractivity contribution is -0.956. The van der Waals surface area contributed by atoms with E-state index in [0.29, 0.717) is 17.3 Å². The van der Waals surface area contributed by atoms with E-state index in [9.17, 15) is 9.59 Å². The van der Waals surface area contributed by atoms with Crippen molar-refractivity contribution in [2.24, 2.45) is 0 Å². The van der Waals surface area contributed by atoms with Gasteiger partial charge in [0.1, 0.15) is 0 Å². The smallest absolute Gasteiger partial charge is 0.376 e. The fourth-order valence-corrected chi connectivity index (χ4v) is 6.01. The van der Waals surface area contributed by atoms with Crippen LogP contribution in [0.2, 0.25) is 0 Å². The maximum absolute atomic E-state index is 12.7. The minimum Gasteiger partial charge on any atom is -0.376 e. The SMILES string of the molecule is CCCCCCCCC=CCCCCCCCC(=O)OC(OC(=O)CCCCCCCC=CCCCCCCCC)[N+](C)(C)CCC. The molecule has 0 aliphatic heterocycles. The average molecular weight is 663 g/mol. The molecule has 0 saturated carbocycles. The van der Waals surface area contributed by atoms with E-state index in [1.165, 1.54) is 116 Å². The Morgan fingerprint density at radius 1 is 0.447 bits per heavy atom. The Morgan fingerprint density at radius 2 is 0.745 bits per heavy atom. The molecule has 5 nitrogen and oxygen atoms in total. The number of hydrogen-bond donors (Lipinski definition) is 0. The highest BCUT2D eigenvalue weighted by Crippen LogP contribution is 2.17. The molecule has 0 saturated heterocycles. The van der Waals surface area contributed by atoms with E-state index in [2.05, 4.69) is 45.1 Å². The van der Waals surface area contributed by atoms with Crippen LogP contribution >= 0.6 is 0 Å². The van der Waals surface area contributed by atoms with Crippen molar-refractivity contribution in [2.75, 3.05) is 20.6 Å². The molecule has 0 N–H and O–H groups in total. The summed E-state index contributed by atoms with van der Waals surface area (Å²) in [6.45, 7) is 7.40. The number of rotatable bonds is 35. The van der Waals surface area contributed by atoms with Crippen LogP contribution in [0.5, 0.6) is 0 Å². The fourth-order valence-electron chi connectivity index (χ4n) is 6.01. The summed E-state index contributed by atoms with van der Waals surface area (Å²) in [6.07, 6.45) is 42.1. The van der Waals surface area contributed by atoms with Gasteiger partial charge < -0.3 is 9.47 Å². The highest BCUT2D eigenvalue weighted by Gasteiger charge is 2.34. The molecule has 0 aliphatic rings. The maximum atomic E-state index is 12.7. The van der Waals surface area contributed by atoms with Crippen LogP contribution in [0.3, 0.4) is 0 Å². The van der Waals surface area contributed by atoms with Crippen LogP contribution < -0.4 is 0 Å². The van der Waals surface area contributed by atoms with Gasteiger partial charge in [-0.15, -0.1) is 0 Å². The lowest BCUT2D eigenvalue weighted by atomic mass is 10.1. The van der Waals surface area contributed by atoms with Crippen LogP contribution in [0, 0.1) is 0 Å². The fraction of sp³-hybridized carbons (Fsp3) is 0.857. The first-order valence-electron chi connectivity index (χ1n) is 20.4. The molecule has 0 amide bonds. The van der Waals surface area contributed by atoms with Crippen LogP contribution in [-0.2, 0) is 19.1 Å². The molecule has 0 aromatic rings. The van der Waals surface area contributed by atoms with Gasteiger partial charge in [0, 0.05) is 12.8 Å². The second-order valence-corrected chi connectivity index (χ2v) is 14.5. The molecule has 0 heterocycles. The predicted molar refractivity (Wildman–Crippen MR) is 202 cm³/mol. The van der Waals surface area contributed by atoms with Crippen LogP contribution in [0.1, 0.15) is 207 Å². The largest absolute Gasteiger partial charge is 0.398 e. The van der Waals surface area contributed by atoms with E-state index in [4.69, 9.17) is 9.47 Å². The standard InChI is InChI=1S/C42H80NO4/c1-6-9-11-13-15-17-19-21-23-25-27-29-31-33-35-37-40(44)46-42(43(4,5)39-8-3)47-41(45)38-36-34-32-30-28-26-24-22-20-18-16-14-12-10-7-2/h21-24,42H,6-20,25-39H2,1-5H3/q+1. The number of ether oxygens (including phenoxy) is 2. The zero-order valence-corrected chi connectivity index (χ0v) is 32.2. The van der Waals surface area contributed by atoms with E-state index < -0.39 is 6.41 Å². The summed E-state index contributed by atoms with van der Waals surface area (Å²) >= 11 is 0. The summed E-state index contributed by atoms with van der Waals surface area (Å²) in [5.41, 5.74) is 0. The van der Waals surface area contributed by atoms with Gasteiger partial charge in [-0.3, -0.25) is 14.1 Å². The van der Waals surface area contributed by atoms with Crippen LogP contribution in [0.15, 0.2) is 24.3 Å². The molecule has 0 aromatic carbocycles. The van der Waals surface area contributed by atoms with Crippen molar-refractivity contribution in [3.8, 4) is 0 Å². The monoisotopic (exact) mass is 663 g/mol. The summed E-state index contributed by atoms with van der Waals surface area (Å²) in [5.74, 6) is -0.521. The summed E-state index contributed by atoms with van der Waals surface area (Å²) in [5, 5.41) is 0. The van der Waals surface area contributed by atoms with E-state index in [1.54, 1.807) is 0 Å². The third kappa shape index (κ3) is 31.4. The van der Waals surface area contributed by atoms with Gasteiger partial charge in [-0.1, -0.05) is 148 Å². The maximum Gasteiger partial charge on any atom is 0.398 e. The molecule has 0 radical (unpaired) electrons. The van der Waals surface area contributed by atoms with E-state index in [-0.39, 0.29) is 11.9 Å². The third-order valence-corrected chi connectivity index (χ3v) is 9.12. The van der Waals surface area contributed by atoms with E-state index in [0.717, 1.165) is 64.3 Å². The first-order chi connectivity index (χ1) is 22.9. The highest BCUT2D eigenvalue weighted by molar-refractivity contribution is 5.71. The molecular formula is C42H80NO4+. The Bertz CT molecular complexity index is 706. The Hall–Kier alpha value is -1.62. The van der Waals surface area contributed by atoms with Crippen molar-refractivity contribution >= 4 is 11.9 Å². The van der Waals surface area contributed by atoms with Crippen LogP contribution in [0.25, 0.3) is 0 Å². The Balaban J connectivity index is 4.04. The Morgan fingerprint density at radius 3 is 1.06 bits per heavy atom. The van der Waals surface area contributed by atoms with Gasteiger partial charge in [-0.05, 0) is 70.6 Å². The van der Waals surface area contributed by atoms with E-state index >= 15 is 0 Å². The number of carbonyl (C=O) groups excluding carboxylic acids is 2. The minimum absolute atomic E-state index is 0.260. The number of esters is 2. The third-order valence-electron chi connectivity index (χ3n) is 9.12. The summed E-state index contributed by atoms with van der Waals surface area (Å²) in [6, 6.07) is 0. The Labute approximate surface area is 293 Å². The van der Waals surface area contributed by atoms with E-state index in [1.807, 2.05) is 14.1 Å². The van der Waals surface area contributed by atoms with Crippen molar-refractivity contribution in [3.63, 3.8) is 0 Å². The van der Waals surface area contributed by atoms with Gasteiger partial charge in [0.15, 0.2) is 0 Å². The van der Waals surface area contributed by atoms with Gasteiger partial charge in [0.2, 0.25) is 0 Å². The van der Waals surface area contributed by atoms with Gasteiger partial charge in [-0.2, -0.15) is 0 Å². The van der Waals surface area contributed by atoms with Gasteiger partial charge in [-0.25, -0.2) is 0 Å². The molecule has 276 valence electrons. The van der Waals surface area contributed by atoms with Crippen molar-refractivity contribution in [3.05, 3.63) is 24.3 Å². The quantitative estimate of drug-likeness (QED) is 0.0223. The summed E-state index contributed by atoms with van der Waals surface area (Å²) in [7, 11) is 3.94. The highest BCUT2D eigenvalue weighted by atomic mass is 16.7. The second-order valence-electron chi connectivity index (χ2n) is 14.5. The van der Waals surface area contributed by atoms with Gasteiger partial charge in [0.05, 0.1) is 20.6 Å². The number of quaternary nitrogens is 1. The van der Waals surface area contributed by atoms with Gasteiger partial charge >= 0.3 is 18.4 Å². The Kier molecular flexibility index (Phi) is 33.1. The molecule has 0 aromatic heterocycles. The number of hydrogen-bond acceptors (Lipinski definition) is 4. The van der Waals surface area contributed by atoms with Crippen molar-refractivity contribution < 1.29 is 23.5 Å². The zero-order valence-electron chi connectivity index (χ0n) is 32.2. The van der Waals surface area contributed by atoms with Crippen molar-refractivity contribution in [2.45, 2.75) is 213 Å². The number of unbranched alkanes of at least 4 members (excludes halogenated alkanes) is 22. The summed E-state index contributed by atoms with van der Waals surface area (Å²) in [4.78, 5) is 25.4. The molecule has 0 aliphatic carbocycles. The lowest BCUT2D eigenvalue weighted by Gasteiger charge is -2.35. The zero-order chi connectivity index (χ0) is 34.7. The number of carbonyl (C=O) groups is 2. The first-order valence-corrected chi connectivity index (χ1v) is 20.4. The average Bonchev–Trinajstić information content (AvgIpc) is 3.04. The van der Waals surface area contributed by atoms with Gasteiger partial charge in [0.25, 0.3) is 0 Å². The normalized spacial score (nSPS) is 12.7. The molecule has 5 heteroatoms. The molecule has 0 atom stereocenters. The molecule has 47 heavy (non-hydrogen) atoms. The van der Waals surface area contributed by atoms with Crippen LogP contribution in [-0.4, -0.2) is 43.5 Å². The molecule has 0 spiro atoms.